The largest absolute Gasteiger partial charge is 0.487 e. The second-order valence-electron chi connectivity index (χ2n) is 6.25. The second kappa shape index (κ2) is 7.52. The van der Waals surface area contributed by atoms with Gasteiger partial charge in [-0.25, -0.2) is 8.78 Å². The van der Waals surface area contributed by atoms with Crippen molar-refractivity contribution in [2.75, 3.05) is 13.1 Å². The number of amides is 1. The van der Waals surface area contributed by atoms with E-state index in [0.29, 0.717) is 25.9 Å². The highest BCUT2D eigenvalue weighted by molar-refractivity contribution is 7.14. The number of aryl methyl sites for hydroxylation is 2. The quantitative estimate of drug-likeness (QED) is 0.794. The molecule has 1 aliphatic rings. The summed E-state index contributed by atoms with van der Waals surface area (Å²) in [6, 6.07) is 5.27. The van der Waals surface area contributed by atoms with Crippen LogP contribution in [0.15, 0.2) is 24.3 Å². The molecule has 6 heteroatoms. The minimum absolute atomic E-state index is 0.0548. The molecular weight excluding hydrogens is 344 g/mol. The van der Waals surface area contributed by atoms with Crippen molar-refractivity contribution in [3.8, 4) is 5.75 Å². The molecule has 0 unspecified atom stereocenters. The molecule has 0 N–H and O–H groups in total. The number of thiophene rings is 1. The Morgan fingerprint density at radius 2 is 2.00 bits per heavy atom. The lowest BCUT2D eigenvalue weighted by Crippen LogP contribution is -2.41. The Balaban J connectivity index is 1.58. The van der Waals surface area contributed by atoms with Crippen molar-refractivity contribution in [1.29, 1.82) is 0 Å². The summed E-state index contributed by atoms with van der Waals surface area (Å²) >= 11 is 1.56. The van der Waals surface area contributed by atoms with Crippen molar-refractivity contribution >= 4 is 17.2 Å². The Morgan fingerprint density at radius 1 is 1.28 bits per heavy atom. The summed E-state index contributed by atoms with van der Waals surface area (Å²) in [7, 11) is 0. The highest BCUT2D eigenvalue weighted by Gasteiger charge is 2.26. The summed E-state index contributed by atoms with van der Waals surface area (Å²) in [5.41, 5.74) is 1.17. The van der Waals surface area contributed by atoms with Crippen molar-refractivity contribution < 1.29 is 18.3 Å². The summed E-state index contributed by atoms with van der Waals surface area (Å²) < 4.78 is 32.3. The van der Waals surface area contributed by atoms with Crippen LogP contribution >= 0.6 is 11.3 Å². The van der Waals surface area contributed by atoms with Gasteiger partial charge in [0, 0.05) is 36.9 Å². The maximum Gasteiger partial charge on any atom is 0.263 e. The number of rotatable bonds is 4. The number of piperidine rings is 1. The van der Waals surface area contributed by atoms with E-state index in [9.17, 15) is 13.6 Å². The van der Waals surface area contributed by atoms with E-state index >= 15 is 0 Å². The normalized spacial score (nSPS) is 15.4. The third kappa shape index (κ3) is 4.00. The lowest BCUT2D eigenvalue weighted by atomic mass is 10.1. The van der Waals surface area contributed by atoms with Crippen LogP contribution in [0.5, 0.6) is 5.75 Å². The molecule has 2 aromatic rings. The van der Waals surface area contributed by atoms with Crippen LogP contribution in [0.3, 0.4) is 0 Å². The van der Waals surface area contributed by atoms with Gasteiger partial charge in [-0.2, -0.15) is 0 Å². The van der Waals surface area contributed by atoms with E-state index in [4.69, 9.17) is 4.74 Å². The Morgan fingerprint density at radius 3 is 2.60 bits per heavy atom. The second-order valence-corrected chi connectivity index (χ2v) is 7.39. The van der Waals surface area contributed by atoms with E-state index in [-0.39, 0.29) is 17.8 Å². The number of hydrogen-bond donors (Lipinski definition) is 0. The molecule has 25 heavy (non-hydrogen) atoms. The van der Waals surface area contributed by atoms with Crippen LogP contribution in [0.4, 0.5) is 8.78 Å². The molecular formula is C19H21F2NO2S. The molecule has 3 rings (SSSR count). The molecule has 2 heterocycles. The first-order valence-electron chi connectivity index (χ1n) is 8.48. The van der Waals surface area contributed by atoms with Gasteiger partial charge in [0.25, 0.3) is 5.91 Å². The predicted octanol–water partition coefficient (Wildman–Crippen LogP) is 4.58. The van der Waals surface area contributed by atoms with Crippen molar-refractivity contribution in [3.63, 3.8) is 0 Å². The highest BCUT2D eigenvalue weighted by Crippen LogP contribution is 2.26. The average Bonchev–Trinajstić information content (AvgIpc) is 2.98. The minimum atomic E-state index is -0.695. The summed E-state index contributed by atoms with van der Waals surface area (Å²) in [4.78, 5) is 16.5. The molecule has 0 saturated carbocycles. The predicted molar refractivity (Wildman–Crippen MR) is 94.3 cm³/mol. The van der Waals surface area contributed by atoms with Gasteiger partial charge < -0.3 is 9.64 Å². The number of ether oxygens (including phenoxy) is 1. The molecule has 0 bridgehead atoms. The number of carbonyl (C=O) groups is 1. The van der Waals surface area contributed by atoms with Crippen molar-refractivity contribution in [1.82, 2.24) is 4.90 Å². The monoisotopic (exact) mass is 365 g/mol. The number of halogens is 2. The van der Waals surface area contributed by atoms with Gasteiger partial charge in [-0.3, -0.25) is 4.79 Å². The molecule has 0 spiro atoms. The molecule has 1 saturated heterocycles. The van der Waals surface area contributed by atoms with Crippen molar-refractivity contribution in [3.05, 3.63) is 51.2 Å². The zero-order valence-electron chi connectivity index (χ0n) is 14.4. The first-order chi connectivity index (χ1) is 12.0. The lowest BCUT2D eigenvalue weighted by molar-refractivity contribution is 0.0592. The van der Waals surface area contributed by atoms with Crippen LogP contribution < -0.4 is 4.74 Å². The van der Waals surface area contributed by atoms with Crippen LogP contribution in [-0.2, 0) is 6.42 Å². The first kappa shape index (κ1) is 17.9. The average molecular weight is 365 g/mol. The Bertz CT molecular complexity index is 767. The molecule has 0 atom stereocenters. The SMILES string of the molecule is CCc1sc(C(=O)N2CCC(Oc3ccc(F)cc3F)CC2)cc1C. The number of hydrogen-bond acceptors (Lipinski definition) is 3. The zero-order chi connectivity index (χ0) is 18.0. The molecule has 0 aliphatic carbocycles. The number of benzene rings is 1. The van der Waals surface area contributed by atoms with Crippen LogP contribution in [0.1, 0.15) is 39.9 Å². The van der Waals surface area contributed by atoms with Gasteiger partial charge in [-0.1, -0.05) is 6.92 Å². The van der Waals surface area contributed by atoms with Gasteiger partial charge in [-0.15, -0.1) is 11.3 Å². The van der Waals surface area contributed by atoms with Gasteiger partial charge in [0.1, 0.15) is 11.9 Å². The maximum absolute atomic E-state index is 13.7. The van der Waals surface area contributed by atoms with Crippen LogP contribution in [0.25, 0.3) is 0 Å². The molecule has 1 aliphatic heterocycles. The highest BCUT2D eigenvalue weighted by atomic mass is 32.1. The van der Waals surface area contributed by atoms with Crippen LogP contribution in [0.2, 0.25) is 0 Å². The van der Waals surface area contributed by atoms with E-state index in [1.807, 2.05) is 17.9 Å². The molecule has 1 amide bonds. The standard InChI is InChI=1S/C19H21F2NO2S/c1-3-17-12(2)10-18(25-17)19(23)22-8-6-14(7-9-22)24-16-5-4-13(20)11-15(16)21/h4-5,10-11,14H,3,6-9H2,1-2H3. The fourth-order valence-electron chi connectivity index (χ4n) is 3.06. The van der Waals surface area contributed by atoms with Crippen LogP contribution in [0, 0.1) is 18.6 Å². The molecule has 1 aromatic heterocycles. The fourth-order valence-corrected chi connectivity index (χ4v) is 4.14. The molecule has 3 nitrogen and oxygen atoms in total. The third-order valence-corrected chi connectivity index (χ3v) is 5.84. The van der Waals surface area contributed by atoms with Gasteiger partial charge in [0.2, 0.25) is 0 Å². The summed E-state index contributed by atoms with van der Waals surface area (Å²) in [6.45, 7) is 5.27. The maximum atomic E-state index is 13.7. The molecule has 0 radical (unpaired) electrons. The Hall–Kier alpha value is -1.95. The van der Waals surface area contributed by atoms with E-state index in [0.717, 1.165) is 17.4 Å². The van der Waals surface area contributed by atoms with E-state index in [1.165, 1.54) is 22.6 Å². The zero-order valence-corrected chi connectivity index (χ0v) is 15.2. The molecule has 134 valence electrons. The summed E-state index contributed by atoms with van der Waals surface area (Å²) in [5.74, 6) is -1.20. The van der Waals surface area contributed by atoms with E-state index in [2.05, 4.69) is 6.92 Å². The van der Waals surface area contributed by atoms with Gasteiger partial charge in [-0.05, 0) is 37.1 Å². The van der Waals surface area contributed by atoms with E-state index < -0.39 is 11.6 Å². The first-order valence-corrected chi connectivity index (χ1v) is 9.30. The van der Waals surface area contributed by atoms with E-state index in [1.54, 1.807) is 11.3 Å². The number of nitrogens with zero attached hydrogens (tertiary/aromatic N) is 1. The number of likely N-dealkylation sites (tertiary alicyclic amines) is 1. The van der Waals surface area contributed by atoms with Gasteiger partial charge in [0.05, 0.1) is 4.88 Å². The lowest BCUT2D eigenvalue weighted by Gasteiger charge is -2.32. The number of carbonyl (C=O) groups excluding carboxylic acids is 1. The smallest absolute Gasteiger partial charge is 0.263 e. The van der Waals surface area contributed by atoms with Crippen molar-refractivity contribution in [2.45, 2.75) is 39.2 Å². The topological polar surface area (TPSA) is 29.5 Å². The van der Waals surface area contributed by atoms with Gasteiger partial charge in [0.15, 0.2) is 11.6 Å². The summed E-state index contributed by atoms with van der Waals surface area (Å²) in [5, 5.41) is 0. The molecule has 1 aromatic carbocycles. The summed E-state index contributed by atoms with van der Waals surface area (Å²) in [6.07, 6.45) is 2.03. The molecule has 1 fully saturated rings. The third-order valence-electron chi connectivity index (χ3n) is 4.47. The van der Waals surface area contributed by atoms with Crippen molar-refractivity contribution in [2.24, 2.45) is 0 Å². The van der Waals surface area contributed by atoms with Crippen LogP contribution in [-0.4, -0.2) is 30.0 Å². The Labute approximate surface area is 150 Å². The fraction of sp³-hybridized carbons (Fsp3) is 0.421. The van der Waals surface area contributed by atoms with Gasteiger partial charge >= 0.3 is 0 Å². The Kier molecular flexibility index (Phi) is 5.37. The minimum Gasteiger partial charge on any atom is -0.487 e.